The Morgan fingerprint density at radius 3 is 2.45 bits per heavy atom. The predicted octanol–water partition coefficient (Wildman–Crippen LogP) is 5.05. The van der Waals surface area contributed by atoms with Gasteiger partial charge in [-0.1, -0.05) is 36.7 Å². The normalized spacial score (nSPS) is 12.0. The predicted molar refractivity (Wildman–Crippen MR) is 81.1 cm³/mol. The Morgan fingerprint density at radius 1 is 1.20 bits per heavy atom. The van der Waals surface area contributed by atoms with E-state index in [1.54, 1.807) is 19.2 Å². The maximum atomic E-state index is 13.8. The van der Waals surface area contributed by atoms with E-state index < -0.39 is 0 Å². The van der Waals surface area contributed by atoms with Crippen molar-refractivity contribution in [2.45, 2.75) is 19.4 Å². The Labute approximate surface area is 123 Å². The van der Waals surface area contributed by atoms with Crippen LogP contribution in [0.4, 0.5) is 10.1 Å². The highest BCUT2D eigenvalue weighted by Gasteiger charge is 2.14. The summed E-state index contributed by atoms with van der Waals surface area (Å²) < 4.78 is 19.0. The average Bonchev–Trinajstić information content (AvgIpc) is 2.47. The number of ether oxygens (including phenoxy) is 1. The number of anilines is 1. The second-order valence-electron chi connectivity index (χ2n) is 4.47. The van der Waals surface area contributed by atoms with Crippen molar-refractivity contribution in [1.29, 1.82) is 0 Å². The molecule has 2 aromatic rings. The van der Waals surface area contributed by atoms with E-state index in [4.69, 9.17) is 16.3 Å². The van der Waals surface area contributed by atoms with E-state index in [0.717, 1.165) is 17.7 Å². The van der Waals surface area contributed by atoms with Crippen molar-refractivity contribution in [3.05, 3.63) is 58.9 Å². The Bertz CT molecular complexity index is 551. The third-order valence-electron chi connectivity index (χ3n) is 3.21. The lowest BCUT2D eigenvalue weighted by Gasteiger charge is -2.20. The summed E-state index contributed by atoms with van der Waals surface area (Å²) in [7, 11) is 1.63. The summed E-state index contributed by atoms with van der Waals surface area (Å²) in [6.45, 7) is 2.04. The molecule has 0 aliphatic rings. The van der Waals surface area contributed by atoms with Gasteiger partial charge in [0.05, 0.1) is 23.9 Å². The quantitative estimate of drug-likeness (QED) is 0.833. The van der Waals surface area contributed by atoms with Gasteiger partial charge in [0.1, 0.15) is 11.6 Å². The topological polar surface area (TPSA) is 21.3 Å². The van der Waals surface area contributed by atoms with Crippen molar-refractivity contribution < 1.29 is 9.13 Å². The lowest BCUT2D eigenvalue weighted by Crippen LogP contribution is -2.11. The van der Waals surface area contributed by atoms with Crippen LogP contribution in [0.15, 0.2) is 42.5 Å². The molecule has 4 heteroatoms. The fraction of sp³-hybridized carbons (Fsp3) is 0.250. The van der Waals surface area contributed by atoms with Gasteiger partial charge >= 0.3 is 0 Å². The molecular weight excluding hydrogens is 277 g/mol. The summed E-state index contributed by atoms with van der Waals surface area (Å²) in [6.07, 6.45) is 0.816. The zero-order valence-corrected chi connectivity index (χ0v) is 12.2. The Morgan fingerprint density at radius 2 is 1.90 bits per heavy atom. The molecule has 0 bridgehead atoms. The largest absolute Gasteiger partial charge is 0.497 e. The molecule has 2 nitrogen and oxygen atoms in total. The van der Waals surface area contributed by atoms with Gasteiger partial charge in [0.25, 0.3) is 0 Å². The van der Waals surface area contributed by atoms with Gasteiger partial charge in [-0.25, -0.2) is 4.39 Å². The van der Waals surface area contributed by atoms with Gasteiger partial charge in [0.2, 0.25) is 0 Å². The average molecular weight is 294 g/mol. The van der Waals surface area contributed by atoms with Gasteiger partial charge in [-0.2, -0.15) is 0 Å². The van der Waals surface area contributed by atoms with Crippen molar-refractivity contribution in [2.75, 3.05) is 12.4 Å². The molecule has 2 aromatic carbocycles. The molecule has 0 amide bonds. The van der Waals surface area contributed by atoms with Crippen LogP contribution in [0, 0.1) is 5.82 Å². The van der Waals surface area contributed by atoms with Crippen LogP contribution in [0.25, 0.3) is 0 Å². The number of rotatable bonds is 5. The molecular formula is C16H17ClFNO. The third kappa shape index (κ3) is 3.23. The van der Waals surface area contributed by atoms with Crippen LogP contribution < -0.4 is 10.1 Å². The minimum absolute atomic E-state index is 0.00435. The number of nitrogens with one attached hydrogen (secondary N) is 1. The molecule has 106 valence electrons. The highest BCUT2D eigenvalue weighted by Crippen LogP contribution is 2.30. The maximum absolute atomic E-state index is 13.8. The van der Waals surface area contributed by atoms with Crippen LogP contribution in [0.2, 0.25) is 5.02 Å². The highest BCUT2D eigenvalue weighted by molar-refractivity contribution is 6.33. The number of para-hydroxylation sites is 1. The van der Waals surface area contributed by atoms with Crippen molar-refractivity contribution >= 4 is 17.3 Å². The fourth-order valence-electron chi connectivity index (χ4n) is 2.07. The van der Waals surface area contributed by atoms with Gasteiger partial charge in [-0.05, 0) is 36.2 Å². The lowest BCUT2D eigenvalue weighted by atomic mass is 10.0. The molecule has 0 saturated carbocycles. The smallest absolute Gasteiger partial charge is 0.147 e. The summed E-state index contributed by atoms with van der Waals surface area (Å²) in [4.78, 5) is 0. The Kier molecular flexibility index (Phi) is 4.85. The molecule has 1 atom stereocenters. The molecule has 0 heterocycles. The molecule has 0 spiro atoms. The standard InChI is InChI=1S/C16H17ClFNO/c1-3-15(11-7-9-12(20-2)10-8-11)19-16-13(17)5-4-6-14(16)18/h4-10,15,19H,3H2,1-2H3. The van der Waals surface area contributed by atoms with Gasteiger partial charge in [0.15, 0.2) is 0 Å². The first-order chi connectivity index (χ1) is 9.65. The van der Waals surface area contributed by atoms with Crippen LogP contribution in [0.3, 0.4) is 0 Å². The Balaban J connectivity index is 2.24. The first-order valence-corrected chi connectivity index (χ1v) is 6.88. The van der Waals surface area contributed by atoms with E-state index in [1.807, 2.05) is 31.2 Å². The van der Waals surface area contributed by atoms with Crippen LogP contribution in [0.5, 0.6) is 5.75 Å². The summed E-state index contributed by atoms with van der Waals surface area (Å²) >= 11 is 6.04. The minimum atomic E-state index is -0.343. The molecule has 0 aliphatic heterocycles. The van der Waals surface area contributed by atoms with Gasteiger partial charge in [0, 0.05) is 0 Å². The van der Waals surface area contributed by atoms with Gasteiger partial charge < -0.3 is 10.1 Å². The minimum Gasteiger partial charge on any atom is -0.497 e. The van der Waals surface area contributed by atoms with Crippen LogP contribution >= 0.6 is 11.6 Å². The highest BCUT2D eigenvalue weighted by atomic mass is 35.5. The second-order valence-corrected chi connectivity index (χ2v) is 4.88. The maximum Gasteiger partial charge on any atom is 0.147 e. The lowest BCUT2D eigenvalue weighted by molar-refractivity contribution is 0.414. The third-order valence-corrected chi connectivity index (χ3v) is 3.52. The molecule has 0 radical (unpaired) electrons. The van der Waals surface area contributed by atoms with E-state index in [0.29, 0.717) is 10.7 Å². The summed E-state index contributed by atoms with van der Waals surface area (Å²) in [5, 5.41) is 3.56. The number of hydrogen-bond donors (Lipinski definition) is 1. The van der Waals surface area contributed by atoms with E-state index >= 15 is 0 Å². The van der Waals surface area contributed by atoms with Crippen molar-refractivity contribution in [3.8, 4) is 5.75 Å². The van der Waals surface area contributed by atoms with Crippen molar-refractivity contribution in [3.63, 3.8) is 0 Å². The van der Waals surface area contributed by atoms with E-state index in [9.17, 15) is 4.39 Å². The van der Waals surface area contributed by atoms with Crippen LogP contribution in [-0.4, -0.2) is 7.11 Å². The van der Waals surface area contributed by atoms with Crippen LogP contribution in [0.1, 0.15) is 24.9 Å². The van der Waals surface area contributed by atoms with Crippen molar-refractivity contribution in [2.24, 2.45) is 0 Å². The number of benzene rings is 2. The zero-order valence-electron chi connectivity index (χ0n) is 11.5. The molecule has 0 fully saturated rings. The molecule has 1 N–H and O–H groups in total. The summed E-state index contributed by atoms with van der Waals surface area (Å²) in [6, 6.07) is 12.4. The van der Waals surface area contributed by atoms with Crippen LogP contribution in [-0.2, 0) is 0 Å². The van der Waals surface area contributed by atoms with Crippen molar-refractivity contribution in [1.82, 2.24) is 0 Å². The number of halogens is 2. The summed E-state index contributed by atoms with van der Waals surface area (Å²) in [5.74, 6) is 0.456. The molecule has 0 aromatic heterocycles. The monoisotopic (exact) mass is 293 g/mol. The molecule has 0 aliphatic carbocycles. The molecule has 0 saturated heterocycles. The summed E-state index contributed by atoms with van der Waals surface area (Å²) in [5.41, 5.74) is 1.41. The molecule has 20 heavy (non-hydrogen) atoms. The second kappa shape index (κ2) is 6.62. The Hall–Kier alpha value is -1.74. The van der Waals surface area contributed by atoms with E-state index in [-0.39, 0.29) is 11.9 Å². The first kappa shape index (κ1) is 14.7. The molecule has 2 rings (SSSR count). The van der Waals surface area contributed by atoms with E-state index in [2.05, 4.69) is 5.32 Å². The van der Waals surface area contributed by atoms with Gasteiger partial charge in [-0.15, -0.1) is 0 Å². The molecule has 1 unspecified atom stereocenters. The first-order valence-electron chi connectivity index (χ1n) is 6.50. The van der Waals surface area contributed by atoms with Gasteiger partial charge in [-0.3, -0.25) is 0 Å². The van der Waals surface area contributed by atoms with E-state index in [1.165, 1.54) is 6.07 Å². The zero-order chi connectivity index (χ0) is 14.5. The SMILES string of the molecule is CCC(Nc1c(F)cccc1Cl)c1ccc(OC)cc1. The fourth-order valence-corrected chi connectivity index (χ4v) is 2.28. The number of methoxy groups -OCH3 is 1. The number of hydrogen-bond acceptors (Lipinski definition) is 2.